The van der Waals surface area contributed by atoms with Crippen molar-refractivity contribution in [3.05, 3.63) is 221 Å². The van der Waals surface area contributed by atoms with Gasteiger partial charge in [0.05, 0.1) is 23.7 Å². The molecule has 0 radical (unpaired) electrons. The van der Waals surface area contributed by atoms with Gasteiger partial charge in [-0.05, 0) is 209 Å². The summed E-state index contributed by atoms with van der Waals surface area (Å²) in [4.78, 5) is 111. The molecule has 5 unspecified atom stereocenters. The molecule has 7 aromatic carbocycles. The van der Waals surface area contributed by atoms with E-state index in [9.17, 15) is 126 Å². The average Bonchev–Trinajstić information content (AvgIpc) is 0.774. The molecule has 5 atom stereocenters. The maximum absolute atomic E-state index is 14.3. The number of halogens is 4. The summed E-state index contributed by atoms with van der Waals surface area (Å²) in [6.45, 7) is 26.8. The van der Waals surface area contributed by atoms with Crippen LogP contribution in [0.3, 0.4) is 0 Å². The van der Waals surface area contributed by atoms with Crippen molar-refractivity contribution < 1.29 is 159 Å². The number of ether oxygens (including phenoxy) is 7. The molecule has 2 aliphatic carbocycles. The molecular weight excluding hydrogens is 1770 g/mol. The van der Waals surface area contributed by atoms with Crippen molar-refractivity contribution in [2.24, 2.45) is 35.5 Å². The molecule has 126 heavy (non-hydrogen) atoms. The molecule has 688 valence electrons. The molecule has 40 heteroatoms. The fourth-order valence-electron chi connectivity index (χ4n) is 13.9. The van der Waals surface area contributed by atoms with Crippen molar-refractivity contribution >= 4 is 104 Å². The molecule has 2 saturated carbocycles. The predicted molar refractivity (Wildman–Crippen MR) is 440 cm³/mol. The van der Waals surface area contributed by atoms with E-state index >= 15 is 0 Å². The Hall–Kier alpha value is -10.6. The molecule has 0 amide bonds. The summed E-state index contributed by atoms with van der Waals surface area (Å²) < 4.78 is 253. The molecule has 2 aliphatic rings. The van der Waals surface area contributed by atoms with Gasteiger partial charge in [0.15, 0.2) is 20.2 Å². The molecule has 9 rings (SSSR count). The third kappa shape index (κ3) is 32.7. The van der Waals surface area contributed by atoms with Gasteiger partial charge in [0.2, 0.25) is 11.6 Å². The number of benzene rings is 7. The summed E-state index contributed by atoms with van der Waals surface area (Å²) >= 11 is 0. The van der Waals surface area contributed by atoms with Crippen molar-refractivity contribution in [2.75, 3.05) is 17.3 Å². The predicted octanol–water partition coefficient (Wildman–Crippen LogP) is 11.3. The minimum Gasteiger partial charge on any atom is -0.748 e. The van der Waals surface area contributed by atoms with Gasteiger partial charge in [0, 0.05) is 11.8 Å². The van der Waals surface area contributed by atoms with E-state index in [1.54, 1.807) is 134 Å². The van der Waals surface area contributed by atoms with E-state index in [0.29, 0.717) is 50.3 Å². The zero-order valence-electron chi connectivity index (χ0n) is 71.2. The minimum atomic E-state index is -6.34. The number of aryl methyl sites for hydroxylation is 15. The lowest BCUT2D eigenvalue weighted by molar-refractivity contribution is -0.155. The molecule has 0 aliphatic heterocycles. The Kier molecular flexibility index (Phi) is 37.6. The molecule has 31 nitrogen and oxygen atoms in total. The highest BCUT2D eigenvalue weighted by Gasteiger charge is 2.56. The van der Waals surface area contributed by atoms with Gasteiger partial charge in [-0.25, -0.2) is 42.1 Å². The molecule has 2 fully saturated rings. The molecule has 0 bridgehead atoms. The van der Waals surface area contributed by atoms with E-state index in [1.165, 1.54) is 0 Å². The van der Waals surface area contributed by atoms with Crippen LogP contribution in [0.4, 0.5) is 17.6 Å². The van der Waals surface area contributed by atoms with Gasteiger partial charge in [-0.15, -0.1) is 0 Å². The van der Waals surface area contributed by atoms with Crippen molar-refractivity contribution in [3.63, 3.8) is 0 Å². The van der Waals surface area contributed by atoms with Crippen LogP contribution in [-0.4, -0.2) is 146 Å². The first-order valence-corrected chi connectivity index (χ1v) is 45.9. The molecule has 0 N–H and O–H groups in total. The summed E-state index contributed by atoms with van der Waals surface area (Å²) in [5.41, 5.74) is 14.1. The number of ketones is 2. The zero-order valence-corrected chi connectivity index (χ0v) is 75.3. The lowest BCUT2D eigenvalue weighted by Gasteiger charge is -2.35. The quantitative estimate of drug-likeness (QED) is 0.0160. The van der Waals surface area contributed by atoms with Crippen LogP contribution in [0, 0.1) is 139 Å². The van der Waals surface area contributed by atoms with Gasteiger partial charge in [0.1, 0.15) is 90.4 Å². The number of esters is 7. The Labute approximate surface area is 728 Å². The second-order valence-electron chi connectivity index (χ2n) is 30.8. The number of carbonyl (C=O) groups excluding carboxylic acids is 9. The van der Waals surface area contributed by atoms with Crippen LogP contribution in [0.2, 0.25) is 0 Å². The Morgan fingerprint density at radius 3 is 0.992 bits per heavy atom. The highest BCUT2D eigenvalue weighted by atomic mass is 32.2. The number of hydrogen-bond acceptors (Lipinski definition) is 31. The number of carbonyl (C=O) groups is 9. The van der Waals surface area contributed by atoms with Gasteiger partial charge >= 0.3 is 52.3 Å². The summed E-state index contributed by atoms with van der Waals surface area (Å²) in [5, 5.41) is -10.5. The van der Waals surface area contributed by atoms with Crippen molar-refractivity contribution in [3.8, 4) is 23.0 Å². The van der Waals surface area contributed by atoms with Gasteiger partial charge in [-0.2, -0.15) is 17.6 Å². The van der Waals surface area contributed by atoms with Crippen LogP contribution in [0.15, 0.2) is 121 Å². The maximum atomic E-state index is 14.3. The van der Waals surface area contributed by atoms with Crippen LogP contribution in [0.1, 0.15) is 139 Å². The minimum absolute atomic E-state index is 0.0268. The van der Waals surface area contributed by atoms with Gasteiger partial charge in [-0.1, -0.05) is 155 Å². The van der Waals surface area contributed by atoms with E-state index in [1.807, 2.05) is 90.9 Å². The standard InChI is InChI=1S/2C28H32F2O8S.3C10H12O5S/c1-14-7-16(3)23(17(4)8-14)37-26(32)21-11-20(25(31)28(29,30)39(34,35)36)12-22(13-21)27(33)38-24-18(5)9-15(2)10-19(24)6;1-14-9-16(3)23(17(4)10-14)37-26(32)20-7-8-21(25(31)28(29,30)39(34,35)36)22(13-20)27(33)38-24-18(5)11-15(2)12-19(24)6;1-8-2-4-9(5-3-8)6-15-10(11)7-16(12,13)14;1-8-3-2-4-9(5-8)6-15-10(11)7-16(12,13)14;1-8-4-2-3-5-9(8)6-15-10(11)7-16(12,13)14/h7-10,20-22H,11-13H2,1-6H3,(H,34,35,36);9-12,20-22H,7-8,13H2,1-6H3,(H,34,35,36);3*2-5H,6-7H2,1H3,(H,12,13,14)/p-5. The van der Waals surface area contributed by atoms with E-state index in [0.717, 1.165) is 55.6 Å². The van der Waals surface area contributed by atoms with Crippen molar-refractivity contribution in [1.82, 2.24) is 0 Å². The highest BCUT2D eigenvalue weighted by molar-refractivity contribution is 7.88. The van der Waals surface area contributed by atoms with Crippen molar-refractivity contribution in [2.45, 2.75) is 173 Å². The Morgan fingerprint density at radius 2 is 0.643 bits per heavy atom. The number of Topliss-reactive ketones (excluding diaryl/α,β-unsaturated/α-hetero) is 2. The van der Waals surface area contributed by atoms with Crippen LogP contribution in [-0.2, 0) is 128 Å². The Balaban J connectivity index is 0.000000299. The molecule has 0 heterocycles. The summed E-state index contributed by atoms with van der Waals surface area (Å²) in [7, 11) is -26.3. The number of alkyl halides is 4. The fourth-order valence-corrected chi connectivity index (χ4v) is 15.8. The van der Waals surface area contributed by atoms with E-state index in [-0.39, 0.29) is 49.9 Å². The van der Waals surface area contributed by atoms with E-state index in [4.69, 9.17) is 18.9 Å². The molecular formula is C86H95F4O31S5-5. The maximum Gasteiger partial charge on any atom is 0.391 e. The first kappa shape index (κ1) is 106. The highest BCUT2D eigenvalue weighted by Crippen LogP contribution is 2.44. The molecule has 7 aromatic rings. The van der Waals surface area contributed by atoms with Crippen molar-refractivity contribution in [1.29, 1.82) is 0 Å². The Morgan fingerprint density at radius 1 is 0.317 bits per heavy atom. The summed E-state index contributed by atoms with van der Waals surface area (Å²) in [5.74, 6) is -22.0. The van der Waals surface area contributed by atoms with Gasteiger partial charge < -0.3 is 55.9 Å². The smallest absolute Gasteiger partial charge is 0.391 e. The van der Waals surface area contributed by atoms with Gasteiger partial charge in [0.25, 0.3) is 0 Å². The lowest BCUT2D eigenvalue weighted by atomic mass is 9.72. The summed E-state index contributed by atoms with van der Waals surface area (Å²) in [6, 6.07) is 35.9. The lowest BCUT2D eigenvalue weighted by Crippen LogP contribution is -2.48. The van der Waals surface area contributed by atoms with E-state index < -0.39 is 193 Å². The largest absolute Gasteiger partial charge is 0.748 e. The first-order valence-electron chi connectivity index (χ1n) is 38.3. The molecule has 0 spiro atoms. The zero-order chi connectivity index (χ0) is 95.4. The fraction of sp³-hybridized carbons (Fsp3) is 0.407. The Bertz CT molecular complexity index is 5660. The topological polar surface area (TPSA) is 504 Å². The number of rotatable bonds is 26. The van der Waals surface area contributed by atoms with Crippen LogP contribution < -0.4 is 18.9 Å². The average molecular weight is 1860 g/mol. The third-order valence-corrected chi connectivity index (χ3v) is 23.0. The SMILES string of the molecule is Cc1cc(C)c(OC(=O)C2CC(C(=O)Oc3c(C)cc(C)cc3C)CC(C(=O)C(F)(F)S(=O)(=O)[O-])C2)c(C)c1.Cc1cc(C)c(OC(=O)C2CCC(C(=O)C(F)(F)S(=O)(=O)[O-])C(C(=O)Oc3c(C)cc(C)cc3C)C2)c(C)c1.Cc1ccc(COC(=O)CS(=O)(=O)[O-])cc1.Cc1cccc(COC(=O)CS(=O)(=O)[O-])c1.Cc1ccccc1COC(=O)CS(=O)(=O)[O-]. The molecule has 0 saturated heterocycles. The monoisotopic (exact) mass is 1860 g/mol. The first-order chi connectivity index (χ1) is 58.0. The van der Waals surface area contributed by atoms with Crippen LogP contribution >= 0.6 is 0 Å². The van der Waals surface area contributed by atoms with Crippen LogP contribution in [0.25, 0.3) is 0 Å². The second-order valence-corrected chi connectivity index (χ2v) is 37.8. The summed E-state index contributed by atoms with van der Waals surface area (Å²) in [6.07, 6.45) is -2.19. The third-order valence-electron chi connectivity index (χ3n) is 19.5. The second kappa shape index (κ2) is 44.7. The molecule has 0 aromatic heterocycles. The van der Waals surface area contributed by atoms with Gasteiger partial charge in [-0.3, -0.25) is 43.2 Å². The normalized spacial score (nSPS) is 16.5. The van der Waals surface area contributed by atoms with E-state index in [2.05, 4.69) is 14.2 Å². The number of hydrogen-bond donors (Lipinski definition) is 0. The van der Waals surface area contributed by atoms with Crippen LogP contribution in [0.5, 0.6) is 23.0 Å².